The maximum atomic E-state index is 6.06. The lowest BCUT2D eigenvalue weighted by Gasteiger charge is -2.19. The van der Waals surface area contributed by atoms with Crippen molar-refractivity contribution in [2.75, 3.05) is 11.9 Å². The van der Waals surface area contributed by atoms with Gasteiger partial charge in [0.1, 0.15) is 35.3 Å². The van der Waals surface area contributed by atoms with Crippen LogP contribution in [-0.4, -0.2) is 16.5 Å². The molecule has 1 aliphatic carbocycles. The molecule has 0 saturated carbocycles. The lowest BCUT2D eigenvalue weighted by atomic mass is 10.0. The number of nitrogens with one attached hydrogen (secondary N) is 1. The first-order valence-corrected chi connectivity index (χ1v) is 11.8. The number of allylic oxidation sites excluding steroid dienone is 4. The van der Waals surface area contributed by atoms with Gasteiger partial charge in [0.05, 0.1) is 5.39 Å². The zero-order valence-electron chi connectivity index (χ0n) is 16.7. The summed E-state index contributed by atoms with van der Waals surface area (Å²) in [4.78, 5) is 9.92. The van der Waals surface area contributed by atoms with Gasteiger partial charge in [0.2, 0.25) is 0 Å². The van der Waals surface area contributed by atoms with Gasteiger partial charge in [0.15, 0.2) is 5.76 Å². The van der Waals surface area contributed by atoms with E-state index in [2.05, 4.69) is 67.0 Å². The number of thiophene rings is 1. The van der Waals surface area contributed by atoms with Gasteiger partial charge < -0.3 is 14.8 Å². The van der Waals surface area contributed by atoms with Gasteiger partial charge in [0, 0.05) is 28.4 Å². The molecule has 2 aromatic heterocycles. The fourth-order valence-corrected chi connectivity index (χ4v) is 4.76. The molecule has 5 nitrogen and oxygen atoms in total. The highest BCUT2D eigenvalue weighted by Gasteiger charge is 2.16. The molecule has 0 bridgehead atoms. The van der Waals surface area contributed by atoms with E-state index in [9.17, 15) is 0 Å². The molecule has 5 rings (SSSR count). The van der Waals surface area contributed by atoms with Crippen LogP contribution in [0.25, 0.3) is 21.3 Å². The summed E-state index contributed by atoms with van der Waals surface area (Å²) in [5.74, 6) is 2.42. The third kappa shape index (κ3) is 4.43. The number of aromatic nitrogens is 2. The molecule has 0 spiro atoms. The minimum atomic E-state index is 0.670. The molecule has 31 heavy (non-hydrogen) atoms. The Hall–Kier alpha value is -2.90. The fourth-order valence-electron chi connectivity index (χ4n) is 3.58. The Morgan fingerprint density at radius 2 is 2.03 bits per heavy atom. The van der Waals surface area contributed by atoms with E-state index in [4.69, 9.17) is 9.47 Å². The average molecular weight is 494 g/mol. The molecule has 1 N–H and O–H groups in total. The summed E-state index contributed by atoms with van der Waals surface area (Å²) in [5.41, 5.74) is 3.44. The van der Waals surface area contributed by atoms with E-state index in [1.807, 2.05) is 12.1 Å². The van der Waals surface area contributed by atoms with E-state index in [0.29, 0.717) is 13.0 Å². The number of rotatable bonds is 6. The zero-order valence-corrected chi connectivity index (χ0v) is 19.1. The van der Waals surface area contributed by atoms with Crippen molar-refractivity contribution in [2.45, 2.75) is 19.3 Å². The molecule has 1 aromatic carbocycles. The summed E-state index contributed by atoms with van der Waals surface area (Å²) in [6.07, 6.45) is 13.9. The predicted molar refractivity (Wildman–Crippen MR) is 128 cm³/mol. The number of fused-ring (bicyclic) bond motifs is 1. The van der Waals surface area contributed by atoms with Crippen molar-refractivity contribution in [1.29, 1.82) is 0 Å². The Bertz CT molecular complexity index is 1230. The van der Waals surface area contributed by atoms with Crippen molar-refractivity contribution in [3.63, 3.8) is 0 Å². The van der Waals surface area contributed by atoms with Crippen LogP contribution in [0.2, 0.25) is 0 Å². The second kappa shape index (κ2) is 9.08. The topological polar surface area (TPSA) is 56.3 Å². The van der Waals surface area contributed by atoms with Gasteiger partial charge in [-0.25, -0.2) is 9.97 Å². The number of halogens is 1. The smallest absolute Gasteiger partial charge is 0.165 e. The molecule has 2 aliphatic rings. The van der Waals surface area contributed by atoms with Crippen molar-refractivity contribution < 1.29 is 9.47 Å². The van der Waals surface area contributed by atoms with Gasteiger partial charge in [-0.15, -0.1) is 11.3 Å². The van der Waals surface area contributed by atoms with E-state index in [-0.39, 0.29) is 0 Å². The molecule has 0 radical (unpaired) electrons. The Labute approximate surface area is 193 Å². The highest BCUT2D eigenvalue weighted by atomic mass is 79.9. The first-order valence-electron chi connectivity index (χ1n) is 10.1. The summed E-state index contributed by atoms with van der Waals surface area (Å²) in [6.45, 7) is 0.670. The minimum Gasteiger partial charge on any atom is -0.465 e. The van der Waals surface area contributed by atoms with Crippen LogP contribution in [0.3, 0.4) is 0 Å². The number of hydrogen-bond donors (Lipinski definition) is 1. The summed E-state index contributed by atoms with van der Waals surface area (Å²) in [7, 11) is 0. The molecule has 0 atom stereocenters. The lowest BCUT2D eigenvalue weighted by molar-refractivity contribution is 0.220. The monoisotopic (exact) mass is 493 g/mol. The molecule has 0 amide bonds. The molecular formula is C24H20BrN3O2S. The normalized spacial score (nSPS) is 15.6. The number of nitrogens with zero attached hydrogens (tertiary/aromatic N) is 2. The van der Waals surface area contributed by atoms with Crippen molar-refractivity contribution in [3.8, 4) is 11.1 Å². The number of anilines is 1. The lowest BCUT2D eigenvalue weighted by Crippen LogP contribution is -2.09. The molecule has 3 heterocycles. The van der Waals surface area contributed by atoms with Crippen LogP contribution in [0.15, 0.2) is 88.3 Å². The summed E-state index contributed by atoms with van der Waals surface area (Å²) < 4.78 is 12.6. The molecule has 0 saturated heterocycles. The van der Waals surface area contributed by atoms with Crippen LogP contribution in [0.4, 0.5) is 5.82 Å². The van der Waals surface area contributed by atoms with Crippen LogP contribution in [-0.2, 0) is 9.47 Å². The second-order valence-electron chi connectivity index (χ2n) is 7.20. The second-order valence-corrected chi connectivity index (χ2v) is 8.97. The average Bonchev–Trinajstić information content (AvgIpc) is 3.26. The van der Waals surface area contributed by atoms with Crippen molar-refractivity contribution in [3.05, 3.63) is 88.3 Å². The van der Waals surface area contributed by atoms with Gasteiger partial charge in [0.25, 0.3) is 0 Å². The largest absolute Gasteiger partial charge is 0.465 e. The van der Waals surface area contributed by atoms with Crippen LogP contribution in [0.1, 0.15) is 19.3 Å². The van der Waals surface area contributed by atoms with Gasteiger partial charge >= 0.3 is 0 Å². The SMILES string of the molecule is Brc1ccc(-c2csc3ncnc(NCCC4=COC=C(C5=CC=CCC5)O4)c23)cc1. The highest BCUT2D eigenvalue weighted by molar-refractivity contribution is 9.10. The molecule has 3 aromatic rings. The first kappa shape index (κ1) is 20.0. The Kier molecular flexibility index (Phi) is 5.86. The summed E-state index contributed by atoms with van der Waals surface area (Å²) >= 11 is 5.13. The third-order valence-electron chi connectivity index (χ3n) is 5.14. The van der Waals surface area contributed by atoms with Crippen LogP contribution < -0.4 is 5.32 Å². The number of hydrogen-bond acceptors (Lipinski definition) is 6. The van der Waals surface area contributed by atoms with Crippen molar-refractivity contribution in [2.24, 2.45) is 0 Å². The van der Waals surface area contributed by atoms with E-state index < -0.39 is 0 Å². The van der Waals surface area contributed by atoms with Gasteiger partial charge in [-0.3, -0.25) is 0 Å². The molecule has 7 heteroatoms. The van der Waals surface area contributed by atoms with Gasteiger partial charge in [-0.2, -0.15) is 0 Å². The number of benzene rings is 1. The quantitative estimate of drug-likeness (QED) is 0.403. The summed E-state index contributed by atoms with van der Waals surface area (Å²) in [6, 6.07) is 8.29. The maximum Gasteiger partial charge on any atom is 0.165 e. The van der Waals surface area contributed by atoms with Crippen LogP contribution in [0.5, 0.6) is 0 Å². The third-order valence-corrected chi connectivity index (χ3v) is 6.55. The maximum absolute atomic E-state index is 6.06. The van der Waals surface area contributed by atoms with E-state index in [1.165, 1.54) is 0 Å². The Morgan fingerprint density at radius 3 is 2.87 bits per heavy atom. The zero-order chi connectivity index (χ0) is 21.0. The van der Waals surface area contributed by atoms with Crippen LogP contribution in [0, 0.1) is 0 Å². The molecular weight excluding hydrogens is 474 g/mol. The van der Waals surface area contributed by atoms with E-state index >= 15 is 0 Å². The van der Waals surface area contributed by atoms with Crippen molar-refractivity contribution >= 4 is 43.3 Å². The van der Waals surface area contributed by atoms with E-state index in [0.717, 1.165) is 61.6 Å². The molecule has 0 fully saturated rings. The fraction of sp³-hybridized carbons (Fsp3) is 0.167. The molecule has 1 aliphatic heterocycles. The van der Waals surface area contributed by atoms with Gasteiger partial charge in [-0.1, -0.05) is 46.3 Å². The highest BCUT2D eigenvalue weighted by Crippen LogP contribution is 2.37. The Morgan fingerprint density at radius 1 is 1.13 bits per heavy atom. The first-order chi connectivity index (χ1) is 15.3. The molecule has 156 valence electrons. The molecule has 0 unspecified atom stereocenters. The van der Waals surface area contributed by atoms with Gasteiger partial charge in [-0.05, 0) is 36.1 Å². The van der Waals surface area contributed by atoms with Crippen LogP contribution >= 0.6 is 27.3 Å². The predicted octanol–water partition coefficient (Wildman–Crippen LogP) is 6.93. The summed E-state index contributed by atoms with van der Waals surface area (Å²) in [5, 5.41) is 6.64. The standard InChI is InChI=1S/C24H20BrN3O2S/c25-18-8-6-16(7-9-18)20-14-31-24-22(20)23(27-15-28-24)26-11-10-19-12-29-13-21(30-19)17-4-2-1-3-5-17/h1-2,4,6-9,12-15H,3,5,10-11H2,(H,26,27,28). The number of ether oxygens (including phenoxy) is 2. The Balaban J connectivity index is 1.29. The minimum absolute atomic E-state index is 0.670. The van der Waals surface area contributed by atoms with Crippen molar-refractivity contribution in [1.82, 2.24) is 9.97 Å². The van der Waals surface area contributed by atoms with E-state index in [1.54, 1.807) is 30.2 Å².